The van der Waals surface area contributed by atoms with Gasteiger partial charge in [-0.1, -0.05) is 12.1 Å². The number of Topliss-reactive ketones (excluding diaryl/α,β-unsaturated/α-hetero) is 1. The zero-order valence-electron chi connectivity index (χ0n) is 14.4. The Labute approximate surface area is 147 Å². The van der Waals surface area contributed by atoms with Gasteiger partial charge in [0.15, 0.2) is 5.78 Å². The van der Waals surface area contributed by atoms with E-state index in [4.69, 9.17) is 0 Å². The second kappa shape index (κ2) is 7.93. The van der Waals surface area contributed by atoms with Crippen molar-refractivity contribution < 1.29 is 9.59 Å². The first-order valence-corrected chi connectivity index (χ1v) is 7.77. The molecular weight excluding hydrogens is 314 g/mol. The van der Waals surface area contributed by atoms with Crippen molar-refractivity contribution in [3.05, 3.63) is 70.9 Å². The van der Waals surface area contributed by atoms with E-state index in [1.54, 1.807) is 24.3 Å². The largest absolute Gasteiger partial charge is 0.360 e. The normalized spacial score (nSPS) is 10.7. The molecule has 5 nitrogen and oxygen atoms in total. The molecule has 0 saturated heterocycles. The Morgan fingerprint density at radius 1 is 1.08 bits per heavy atom. The summed E-state index contributed by atoms with van der Waals surface area (Å²) < 4.78 is 0. The maximum absolute atomic E-state index is 12.2. The van der Waals surface area contributed by atoms with E-state index in [2.05, 4.69) is 10.6 Å². The number of nitrogens with one attached hydrogen (secondary N) is 2. The van der Waals surface area contributed by atoms with Gasteiger partial charge in [-0.25, -0.2) is 0 Å². The van der Waals surface area contributed by atoms with Gasteiger partial charge in [-0.15, -0.1) is 0 Å². The number of hydrogen-bond acceptors (Lipinski definition) is 4. The standard InChI is InChI=1S/C20H19N3O2/c1-13-4-5-14(2)19(10-13)22-12-17(11-21)20(25)23-18-8-6-16(7-9-18)15(3)24/h4-10,12,22H,1-3H3,(H,23,25)/b17-12-. The summed E-state index contributed by atoms with van der Waals surface area (Å²) in [6, 6.07) is 14.3. The van der Waals surface area contributed by atoms with Crippen LogP contribution in [0.2, 0.25) is 0 Å². The minimum absolute atomic E-state index is 0.0449. The monoisotopic (exact) mass is 333 g/mol. The summed E-state index contributed by atoms with van der Waals surface area (Å²) in [6.45, 7) is 5.39. The smallest absolute Gasteiger partial charge is 0.267 e. The van der Waals surface area contributed by atoms with Crippen LogP contribution in [0.4, 0.5) is 11.4 Å². The lowest BCUT2D eigenvalue weighted by Gasteiger charge is -2.08. The number of ketones is 1. The van der Waals surface area contributed by atoms with Gasteiger partial charge >= 0.3 is 0 Å². The van der Waals surface area contributed by atoms with Crippen LogP contribution in [0.1, 0.15) is 28.4 Å². The van der Waals surface area contributed by atoms with Crippen LogP contribution < -0.4 is 10.6 Å². The van der Waals surface area contributed by atoms with E-state index in [1.165, 1.54) is 13.1 Å². The highest BCUT2D eigenvalue weighted by Crippen LogP contribution is 2.17. The predicted octanol–water partition coefficient (Wildman–Crippen LogP) is 3.96. The van der Waals surface area contributed by atoms with Gasteiger partial charge < -0.3 is 10.6 Å². The molecule has 0 aliphatic heterocycles. The number of nitrogens with zero attached hydrogens (tertiary/aromatic N) is 1. The minimum Gasteiger partial charge on any atom is -0.360 e. The van der Waals surface area contributed by atoms with Crippen LogP contribution in [-0.2, 0) is 4.79 Å². The molecule has 0 aliphatic carbocycles. The third-order valence-electron chi connectivity index (χ3n) is 3.68. The molecule has 0 aliphatic rings. The Bertz CT molecular complexity index is 875. The summed E-state index contributed by atoms with van der Waals surface area (Å²) in [7, 11) is 0. The zero-order chi connectivity index (χ0) is 18.4. The number of carbonyl (C=O) groups excluding carboxylic acids is 2. The van der Waals surface area contributed by atoms with E-state index >= 15 is 0 Å². The van der Waals surface area contributed by atoms with E-state index in [-0.39, 0.29) is 11.4 Å². The van der Waals surface area contributed by atoms with Gasteiger partial charge in [0.1, 0.15) is 11.6 Å². The minimum atomic E-state index is -0.518. The lowest BCUT2D eigenvalue weighted by Crippen LogP contribution is -2.14. The molecule has 0 aromatic heterocycles. The third-order valence-corrected chi connectivity index (χ3v) is 3.68. The van der Waals surface area contributed by atoms with Crippen LogP contribution in [0.15, 0.2) is 54.2 Å². The molecule has 2 N–H and O–H groups in total. The number of benzene rings is 2. The molecular formula is C20H19N3O2. The number of amides is 1. The third kappa shape index (κ3) is 4.79. The molecule has 2 aromatic carbocycles. The van der Waals surface area contributed by atoms with Gasteiger partial charge in [0, 0.05) is 23.1 Å². The number of carbonyl (C=O) groups is 2. The van der Waals surface area contributed by atoms with E-state index < -0.39 is 5.91 Å². The molecule has 1 amide bonds. The summed E-state index contributed by atoms with van der Waals surface area (Å²) in [5, 5.41) is 14.9. The van der Waals surface area contributed by atoms with Crippen molar-refractivity contribution >= 4 is 23.1 Å². The maximum atomic E-state index is 12.2. The van der Waals surface area contributed by atoms with Crippen LogP contribution >= 0.6 is 0 Å². The molecule has 0 radical (unpaired) electrons. The Hall–Kier alpha value is -3.39. The summed E-state index contributed by atoms with van der Waals surface area (Å²) >= 11 is 0. The van der Waals surface area contributed by atoms with Gasteiger partial charge in [-0.05, 0) is 62.2 Å². The first kappa shape index (κ1) is 18.0. The number of hydrogen-bond donors (Lipinski definition) is 2. The van der Waals surface area contributed by atoms with Crippen LogP contribution in [-0.4, -0.2) is 11.7 Å². The van der Waals surface area contributed by atoms with Gasteiger partial charge in [0.05, 0.1) is 0 Å². The van der Waals surface area contributed by atoms with Crippen molar-refractivity contribution in [2.24, 2.45) is 0 Å². The van der Waals surface area contributed by atoms with Gasteiger partial charge in [-0.2, -0.15) is 5.26 Å². The van der Waals surface area contributed by atoms with Crippen molar-refractivity contribution in [2.45, 2.75) is 20.8 Å². The Kier molecular flexibility index (Phi) is 5.70. The molecule has 0 atom stereocenters. The van der Waals surface area contributed by atoms with Crippen LogP contribution in [0, 0.1) is 25.2 Å². The van der Waals surface area contributed by atoms with Crippen molar-refractivity contribution in [1.29, 1.82) is 5.26 Å². The topological polar surface area (TPSA) is 82.0 Å². The van der Waals surface area contributed by atoms with E-state index in [1.807, 2.05) is 38.1 Å². The highest BCUT2D eigenvalue weighted by Gasteiger charge is 2.10. The summed E-state index contributed by atoms with van der Waals surface area (Å²) in [5.41, 5.74) is 3.96. The molecule has 0 spiro atoms. The molecule has 2 aromatic rings. The zero-order valence-corrected chi connectivity index (χ0v) is 14.4. The predicted molar refractivity (Wildman–Crippen MR) is 98.3 cm³/mol. The fourth-order valence-corrected chi connectivity index (χ4v) is 2.18. The fourth-order valence-electron chi connectivity index (χ4n) is 2.18. The quantitative estimate of drug-likeness (QED) is 0.493. The highest BCUT2D eigenvalue weighted by molar-refractivity contribution is 6.07. The number of anilines is 2. The van der Waals surface area contributed by atoms with Gasteiger partial charge in [0.25, 0.3) is 5.91 Å². The average Bonchev–Trinajstić information content (AvgIpc) is 2.58. The molecule has 5 heteroatoms. The molecule has 0 saturated carbocycles. The first-order chi connectivity index (χ1) is 11.9. The average molecular weight is 333 g/mol. The Balaban J connectivity index is 2.11. The molecule has 0 heterocycles. The van der Waals surface area contributed by atoms with Gasteiger partial charge in [0.2, 0.25) is 0 Å². The first-order valence-electron chi connectivity index (χ1n) is 7.77. The van der Waals surface area contributed by atoms with Crippen LogP contribution in [0.3, 0.4) is 0 Å². The Morgan fingerprint density at radius 2 is 1.76 bits per heavy atom. The number of rotatable bonds is 5. The molecule has 0 fully saturated rings. The van der Waals surface area contributed by atoms with Crippen molar-refractivity contribution in [3.63, 3.8) is 0 Å². The van der Waals surface area contributed by atoms with Crippen LogP contribution in [0.25, 0.3) is 0 Å². The van der Waals surface area contributed by atoms with Crippen molar-refractivity contribution in [2.75, 3.05) is 10.6 Å². The van der Waals surface area contributed by atoms with Crippen molar-refractivity contribution in [3.8, 4) is 6.07 Å². The van der Waals surface area contributed by atoms with Crippen LogP contribution in [0.5, 0.6) is 0 Å². The molecule has 0 unspecified atom stereocenters. The highest BCUT2D eigenvalue weighted by atomic mass is 16.1. The second-order valence-corrected chi connectivity index (χ2v) is 5.72. The lowest BCUT2D eigenvalue weighted by atomic mass is 10.1. The van der Waals surface area contributed by atoms with Crippen molar-refractivity contribution in [1.82, 2.24) is 0 Å². The van der Waals surface area contributed by atoms with E-state index in [0.29, 0.717) is 11.3 Å². The van der Waals surface area contributed by atoms with E-state index in [9.17, 15) is 14.9 Å². The fraction of sp³-hybridized carbons (Fsp3) is 0.150. The molecule has 126 valence electrons. The lowest BCUT2D eigenvalue weighted by molar-refractivity contribution is -0.112. The molecule has 2 rings (SSSR count). The summed E-state index contributed by atoms with van der Waals surface area (Å²) in [6.07, 6.45) is 1.39. The summed E-state index contributed by atoms with van der Waals surface area (Å²) in [4.78, 5) is 23.5. The Morgan fingerprint density at radius 3 is 2.36 bits per heavy atom. The SMILES string of the molecule is CC(=O)c1ccc(NC(=O)/C(C#N)=C\Nc2cc(C)ccc2C)cc1. The summed E-state index contributed by atoms with van der Waals surface area (Å²) in [5.74, 6) is -0.566. The second-order valence-electron chi connectivity index (χ2n) is 5.72. The van der Waals surface area contributed by atoms with Gasteiger partial charge in [-0.3, -0.25) is 9.59 Å². The molecule has 0 bridgehead atoms. The van der Waals surface area contributed by atoms with E-state index in [0.717, 1.165) is 16.8 Å². The maximum Gasteiger partial charge on any atom is 0.267 e. The number of nitriles is 1. The number of aryl methyl sites for hydroxylation is 2. The molecule has 25 heavy (non-hydrogen) atoms.